The van der Waals surface area contributed by atoms with E-state index in [1.807, 2.05) is 0 Å². The van der Waals surface area contributed by atoms with Gasteiger partial charge in [0.05, 0.1) is 0 Å². The van der Waals surface area contributed by atoms with E-state index >= 15 is 0 Å². The van der Waals surface area contributed by atoms with Gasteiger partial charge in [0.15, 0.2) is 0 Å². The van der Waals surface area contributed by atoms with Crippen molar-refractivity contribution in [2.24, 2.45) is 17.6 Å². The maximum atomic E-state index is 5.41. The highest BCUT2D eigenvalue weighted by Gasteiger charge is 2.45. The molecule has 2 fully saturated rings. The summed E-state index contributed by atoms with van der Waals surface area (Å²) in [5, 5.41) is 3.56. The van der Waals surface area contributed by atoms with Gasteiger partial charge in [0, 0.05) is 6.04 Å². The molecular weight excluding hydrogens is 136 g/mol. The average Bonchev–Trinajstić information content (AvgIpc) is 2.61. The second-order valence-corrected chi connectivity index (χ2v) is 4.02. The van der Waals surface area contributed by atoms with Crippen molar-refractivity contribution in [1.82, 2.24) is 5.32 Å². The van der Waals surface area contributed by atoms with Gasteiger partial charge in [-0.25, -0.2) is 0 Å². The Morgan fingerprint density at radius 2 is 1.91 bits per heavy atom. The fraction of sp³-hybridized carbons (Fsp3) is 1.00. The lowest BCUT2D eigenvalue weighted by Crippen LogP contribution is -2.29. The molecule has 0 bridgehead atoms. The van der Waals surface area contributed by atoms with E-state index in [9.17, 15) is 0 Å². The molecule has 2 nitrogen and oxygen atoms in total. The van der Waals surface area contributed by atoms with E-state index in [0.717, 1.165) is 37.4 Å². The second-order valence-electron chi connectivity index (χ2n) is 4.02. The minimum absolute atomic E-state index is 0.826. The molecule has 0 saturated heterocycles. The number of nitrogens with one attached hydrogen (secondary N) is 1. The van der Waals surface area contributed by atoms with Crippen LogP contribution in [0.25, 0.3) is 0 Å². The fourth-order valence-corrected chi connectivity index (χ4v) is 2.29. The molecule has 0 aromatic rings. The van der Waals surface area contributed by atoms with Gasteiger partial charge in [-0.15, -0.1) is 0 Å². The molecule has 2 saturated carbocycles. The molecular formula is C9H18N2. The minimum Gasteiger partial charge on any atom is -0.330 e. The van der Waals surface area contributed by atoms with Gasteiger partial charge in [0.2, 0.25) is 0 Å². The van der Waals surface area contributed by atoms with Gasteiger partial charge in [-0.05, 0) is 50.6 Å². The molecule has 0 aromatic heterocycles. The van der Waals surface area contributed by atoms with Crippen LogP contribution in [0.2, 0.25) is 0 Å². The summed E-state index contributed by atoms with van der Waals surface area (Å²) < 4.78 is 0. The third kappa shape index (κ3) is 1.74. The van der Waals surface area contributed by atoms with Crippen LogP contribution in [-0.2, 0) is 0 Å². The Labute approximate surface area is 68.5 Å². The Bertz CT molecular complexity index is 126. The van der Waals surface area contributed by atoms with Gasteiger partial charge in [-0.1, -0.05) is 0 Å². The lowest BCUT2D eigenvalue weighted by atomic mass is 10.1. The third-order valence-corrected chi connectivity index (χ3v) is 3.06. The molecule has 3 N–H and O–H groups in total. The first-order chi connectivity index (χ1) is 5.40. The number of nitrogens with two attached hydrogens (primary N) is 1. The van der Waals surface area contributed by atoms with Crippen LogP contribution in [0.1, 0.15) is 25.7 Å². The molecule has 2 heteroatoms. The summed E-state index contributed by atoms with van der Waals surface area (Å²) in [4.78, 5) is 0. The van der Waals surface area contributed by atoms with Crippen LogP contribution in [0.15, 0.2) is 0 Å². The summed E-state index contributed by atoms with van der Waals surface area (Å²) in [5.74, 6) is 2.20. The summed E-state index contributed by atoms with van der Waals surface area (Å²) in [5.41, 5.74) is 5.41. The number of hydrogen-bond donors (Lipinski definition) is 2. The molecule has 0 spiro atoms. The van der Waals surface area contributed by atoms with Gasteiger partial charge < -0.3 is 11.1 Å². The summed E-state index contributed by atoms with van der Waals surface area (Å²) in [7, 11) is 0. The average molecular weight is 154 g/mol. The predicted octanol–water partition coefficient (Wildman–Crippen LogP) is 0.723. The van der Waals surface area contributed by atoms with Crippen LogP contribution < -0.4 is 11.1 Å². The second kappa shape index (κ2) is 3.11. The third-order valence-electron chi connectivity index (χ3n) is 3.06. The number of rotatable bonds is 4. The Morgan fingerprint density at radius 3 is 2.55 bits per heavy atom. The van der Waals surface area contributed by atoms with E-state index in [1.54, 1.807) is 0 Å². The van der Waals surface area contributed by atoms with E-state index in [1.165, 1.54) is 19.3 Å². The van der Waals surface area contributed by atoms with E-state index < -0.39 is 0 Å². The van der Waals surface area contributed by atoms with Gasteiger partial charge in [-0.3, -0.25) is 0 Å². The zero-order valence-electron chi connectivity index (χ0n) is 7.05. The van der Waals surface area contributed by atoms with Crippen molar-refractivity contribution in [3.8, 4) is 0 Å². The van der Waals surface area contributed by atoms with Crippen molar-refractivity contribution >= 4 is 0 Å². The van der Waals surface area contributed by atoms with E-state index in [-0.39, 0.29) is 0 Å². The Kier molecular flexibility index (Phi) is 2.14. The van der Waals surface area contributed by atoms with E-state index in [4.69, 9.17) is 5.73 Å². The van der Waals surface area contributed by atoms with Crippen LogP contribution in [0.4, 0.5) is 0 Å². The van der Waals surface area contributed by atoms with Crippen LogP contribution >= 0.6 is 0 Å². The number of fused-ring (bicyclic) bond motifs is 1. The van der Waals surface area contributed by atoms with Crippen LogP contribution in [0.3, 0.4) is 0 Å². The zero-order valence-corrected chi connectivity index (χ0v) is 7.05. The minimum atomic E-state index is 0.826. The maximum absolute atomic E-state index is 5.41. The summed E-state index contributed by atoms with van der Waals surface area (Å²) in [6, 6.07) is 0.838. The largest absolute Gasteiger partial charge is 0.330 e. The topological polar surface area (TPSA) is 38.0 Å². The molecule has 0 amide bonds. The quantitative estimate of drug-likeness (QED) is 0.586. The Hall–Kier alpha value is -0.0800. The molecule has 2 unspecified atom stereocenters. The molecule has 2 aliphatic carbocycles. The molecule has 64 valence electrons. The highest BCUT2D eigenvalue weighted by atomic mass is 14.9. The summed E-state index contributed by atoms with van der Waals surface area (Å²) in [6.45, 7) is 1.95. The van der Waals surface area contributed by atoms with Crippen molar-refractivity contribution < 1.29 is 0 Å². The summed E-state index contributed by atoms with van der Waals surface area (Å²) >= 11 is 0. The molecule has 2 rings (SSSR count). The molecule has 0 aliphatic heterocycles. The predicted molar refractivity (Wildman–Crippen MR) is 46.3 cm³/mol. The summed E-state index contributed by atoms with van der Waals surface area (Å²) in [6.07, 6.45) is 5.53. The maximum Gasteiger partial charge on any atom is 0.00725 e. The van der Waals surface area contributed by atoms with Crippen LogP contribution in [-0.4, -0.2) is 19.1 Å². The van der Waals surface area contributed by atoms with Crippen molar-refractivity contribution in [3.05, 3.63) is 0 Å². The Morgan fingerprint density at radius 1 is 1.18 bits per heavy atom. The van der Waals surface area contributed by atoms with E-state index in [0.29, 0.717) is 0 Å². The zero-order chi connectivity index (χ0) is 7.68. The van der Waals surface area contributed by atoms with Crippen LogP contribution in [0, 0.1) is 11.8 Å². The molecule has 0 heterocycles. The smallest absolute Gasteiger partial charge is 0.00725 e. The highest BCUT2D eigenvalue weighted by Crippen LogP contribution is 2.51. The fourth-order valence-electron chi connectivity index (χ4n) is 2.29. The van der Waals surface area contributed by atoms with Gasteiger partial charge >= 0.3 is 0 Å². The van der Waals surface area contributed by atoms with Crippen molar-refractivity contribution in [2.75, 3.05) is 13.1 Å². The first-order valence-electron chi connectivity index (χ1n) is 4.83. The number of hydrogen-bond acceptors (Lipinski definition) is 2. The Balaban J connectivity index is 1.57. The van der Waals surface area contributed by atoms with Gasteiger partial charge in [0.25, 0.3) is 0 Å². The van der Waals surface area contributed by atoms with E-state index in [2.05, 4.69) is 5.32 Å². The monoisotopic (exact) mass is 154 g/mol. The van der Waals surface area contributed by atoms with Gasteiger partial charge in [0.1, 0.15) is 0 Å². The lowest BCUT2D eigenvalue weighted by molar-refractivity contribution is 0.477. The molecule has 2 atom stereocenters. The molecule has 2 aliphatic rings. The van der Waals surface area contributed by atoms with Gasteiger partial charge in [-0.2, -0.15) is 0 Å². The highest BCUT2D eigenvalue weighted by molar-refractivity contribution is 4.98. The van der Waals surface area contributed by atoms with Crippen molar-refractivity contribution in [1.29, 1.82) is 0 Å². The van der Waals surface area contributed by atoms with Crippen molar-refractivity contribution in [3.63, 3.8) is 0 Å². The van der Waals surface area contributed by atoms with Crippen molar-refractivity contribution in [2.45, 2.75) is 31.7 Å². The first kappa shape index (κ1) is 7.56. The molecule has 0 radical (unpaired) electrons. The molecule has 0 aromatic carbocycles. The normalized spacial score (nSPS) is 40.6. The van der Waals surface area contributed by atoms with Crippen LogP contribution in [0.5, 0.6) is 0 Å². The lowest BCUT2D eigenvalue weighted by Gasteiger charge is -2.12. The SMILES string of the molecule is NCCCNC1CC2CC2C1. The standard InChI is InChI=1S/C9H18N2/c10-2-1-3-11-9-5-7-4-8(7)6-9/h7-9,11H,1-6,10H2. The molecule has 11 heavy (non-hydrogen) atoms. The first-order valence-corrected chi connectivity index (χ1v) is 4.83.